The summed E-state index contributed by atoms with van der Waals surface area (Å²) in [5, 5.41) is 17.5. The predicted octanol–water partition coefficient (Wildman–Crippen LogP) is 10.6. The van der Waals surface area contributed by atoms with Crippen molar-refractivity contribution in [1.82, 2.24) is 4.57 Å². The maximum Gasteiger partial charge on any atom is 0.135 e. The van der Waals surface area contributed by atoms with Gasteiger partial charge in [0.05, 0.1) is 28.4 Å². The van der Waals surface area contributed by atoms with E-state index in [2.05, 4.69) is 102 Å². The van der Waals surface area contributed by atoms with Crippen LogP contribution in [-0.4, -0.2) is 4.57 Å². The summed E-state index contributed by atoms with van der Waals surface area (Å²) in [5.74, 6) is 0. The average molecular weight is 555 g/mol. The number of fused-ring (bicyclic) bond motifs is 10. The van der Waals surface area contributed by atoms with E-state index in [1.165, 1.54) is 42.0 Å². The molecule has 0 saturated heterocycles. The molecule has 0 aliphatic heterocycles. The van der Waals surface area contributed by atoms with Gasteiger partial charge in [-0.15, -0.1) is 11.3 Å². The molecule has 0 bridgehead atoms. The molecule has 0 saturated carbocycles. The first-order valence-corrected chi connectivity index (χ1v) is 14.8. The molecule has 9 aromatic rings. The summed E-state index contributed by atoms with van der Waals surface area (Å²) >= 11 is 1.85. The number of hydrogen-bond donors (Lipinski definition) is 0. The van der Waals surface area contributed by atoms with Gasteiger partial charge in [-0.05, 0) is 53.1 Å². The maximum absolute atomic E-state index is 10.3. The van der Waals surface area contributed by atoms with Crippen molar-refractivity contribution in [3.63, 3.8) is 0 Å². The minimum atomic E-state index is 0.584. The Morgan fingerprint density at radius 2 is 1.40 bits per heavy atom. The molecule has 3 aromatic heterocycles. The maximum atomic E-state index is 10.3. The van der Waals surface area contributed by atoms with Crippen molar-refractivity contribution in [2.24, 2.45) is 0 Å². The van der Waals surface area contributed by atoms with Gasteiger partial charge in [0.25, 0.3) is 0 Å². The molecule has 0 aliphatic rings. The first kappa shape index (κ1) is 23.3. The molecule has 0 radical (unpaired) electrons. The number of furan rings is 1. The van der Waals surface area contributed by atoms with Crippen molar-refractivity contribution in [3.05, 3.63) is 132 Å². The Labute approximate surface area is 245 Å². The Hall–Kier alpha value is -5.37. The van der Waals surface area contributed by atoms with Gasteiger partial charge in [-0.1, -0.05) is 84.9 Å². The van der Waals surface area contributed by atoms with Gasteiger partial charge >= 0.3 is 0 Å². The van der Waals surface area contributed by atoms with Crippen molar-refractivity contribution in [2.75, 3.05) is 0 Å². The third-order valence-corrected chi connectivity index (χ3v) is 9.77. The molecule has 3 heterocycles. The molecule has 3 nitrogen and oxygen atoms in total. The summed E-state index contributed by atoms with van der Waals surface area (Å²) in [4.78, 5) is 0. The summed E-state index contributed by atoms with van der Waals surface area (Å²) in [5.41, 5.74) is 8.01. The van der Waals surface area contributed by atoms with Crippen LogP contribution in [0, 0.1) is 11.3 Å². The molecule has 0 fully saturated rings. The largest absolute Gasteiger partial charge is 0.456 e. The number of hydrogen-bond acceptors (Lipinski definition) is 3. The van der Waals surface area contributed by atoms with Crippen LogP contribution in [0.4, 0.5) is 0 Å². The quantitative estimate of drug-likeness (QED) is 0.218. The van der Waals surface area contributed by atoms with Crippen LogP contribution in [0.25, 0.3) is 75.0 Å². The first-order valence-electron chi connectivity index (χ1n) is 14.0. The van der Waals surface area contributed by atoms with E-state index < -0.39 is 0 Å². The highest BCUT2D eigenvalue weighted by Gasteiger charge is 2.20. The Morgan fingerprint density at radius 3 is 2.31 bits per heavy atom. The second-order valence-electron chi connectivity index (χ2n) is 10.8. The van der Waals surface area contributed by atoms with Crippen molar-refractivity contribution in [2.45, 2.75) is 6.54 Å². The molecule has 9 rings (SSSR count). The number of nitriles is 1. The minimum absolute atomic E-state index is 0.584. The highest BCUT2D eigenvalue weighted by atomic mass is 32.1. The summed E-state index contributed by atoms with van der Waals surface area (Å²) in [6.07, 6.45) is 0. The molecule has 0 spiro atoms. The second-order valence-corrected chi connectivity index (χ2v) is 11.8. The van der Waals surface area contributed by atoms with Crippen LogP contribution in [-0.2, 0) is 6.54 Å². The molecule has 0 atom stereocenters. The van der Waals surface area contributed by atoms with E-state index in [1.54, 1.807) is 0 Å². The Kier molecular flexibility index (Phi) is 4.90. The highest BCUT2D eigenvalue weighted by Crippen LogP contribution is 2.43. The minimum Gasteiger partial charge on any atom is -0.456 e. The van der Waals surface area contributed by atoms with E-state index in [9.17, 15) is 5.26 Å². The third-order valence-electron chi connectivity index (χ3n) is 8.58. The summed E-state index contributed by atoms with van der Waals surface area (Å²) in [7, 11) is 0. The molecular weight excluding hydrogens is 532 g/mol. The zero-order chi connectivity index (χ0) is 27.8. The van der Waals surface area contributed by atoms with Crippen molar-refractivity contribution >= 4 is 75.3 Å². The lowest BCUT2D eigenvalue weighted by Crippen LogP contribution is -2.04. The summed E-state index contributed by atoms with van der Waals surface area (Å²) < 4.78 is 11.1. The molecule has 4 heteroatoms. The van der Waals surface area contributed by atoms with Crippen molar-refractivity contribution in [1.29, 1.82) is 5.26 Å². The van der Waals surface area contributed by atoms with E-state index >= 15 is 0 Å². The summed E-state index contributed by atoms with van der Waals surface area (Å²) in [6.45, 7) is 0.584. The van der Waals surface area contributed by atoms with Crippen LogP contribution >= 0.6 is 11.3 Å². The number of aromatic nitrogens is 1. The average Bonchev–Trinajstić information content (AvgIpc) is 3.70. The van der Waals surface area contributed by atoms with Gasteiger partial charge in [0.15, 0.2) is 0 Å². The van der Waals surface area contributed by atoms with Gasteiger partial charge in [0.1, 0.15) is 11.2 Å². The molecule has 0 unspecified atom stereocenters. The number of thiophene rings is 1. The molecule has 0 N–H and O–H groups in total. The van der Waals surface area contributed by atoms with Gasteiger partial charge in [0.2, 0.25) is 0 Å². The monoisotopic (exact) mass is 554 g/mol. The fourth-order valence-corrected chi connectivity index (χ4v) is 7.92. The molecule has 196 valence electrons. The normalized spacial score (nSPS) is 11.9. The Bertz CT molecular complexity index is 2570. The predicted molar refractivity (Wildman–Crippen MR) is 175 cm³/mol. The van der Waals surface area contributed by atoms with Crippen LogP contribution in [0.15, 0.2) is 126 Å². The lowest BCUT2D eigenvalue weighted by atomic mass is 9.94. The van der Waals surface area contributed by atoms with E-state index in [-0.39, 0.29) is 0 Å². The molecule has 0 amide bonds. The van der Waals surface area contributed by atoms with E-state index in [1.807, 2.05) is 41.7 Å². The lowest BCUT2D eigenvalue weighted by Gasteiger charge is -2.15. The third kappa shape index (κ3) is 3.26. The van der Waals surface area contributed by atoms with Crippen LogP contribution < -0.4 is 0 Å². The van der Waals surface area contributed by atoms with Gasteiger partial charge in [0, 0.05) is 42.5 Å². The topological polar surface area (TPSA) is 41.9 Å². The van der Waals surface area contributed by atoms with Crippen molar-refractivity contribution in [3.8, 4) is 17.2 Å². The van der Waals surface area contributed by atoms with Gasteiger partial charge in [-0.2, -0.15) is 5.26 Å². The standard InChI is InChI=1S/C38H22N2OS/c39-21-24-8-7-12-25(23-16-19-35-31(20-23)27-10-2-5-14-34(27)41-35)32(24)22-40-33-13-4-1-9-26(33)29-17-18-30-28-11-3-6-15-36(28)42-38(30)37(29)40/h1-20H,22H2. The molecule has 0 aliphatic carbocycles. The lowest BCUT2D eigenvalue weighted by molar-refractivity contribution is 0.669. The van der Waals surface area contributed by atoms with E-state index in [0.717, 1.165) is 38.6 Å². The first-order chi connectivity index (χ1) is 20.8. The van der Waals surface area contributed by atoms with E-state index in [4.69, 9.17) is 4.42 Å². The van der Waals surface area contributed by atoms with Gasteiger partial charge in [-0.3, -0.25) is 0 Å². The Balaban J connectivity index is 1.32. The number of para-hydroxylation sites is 2. The van der Waals surface area contributed by atoms with E-state index in [0.29, 0.717) is 12.1 Å². The summed E-state index contributed by atoms with van der Waals surface area (Å²) in [6, 6.07) is 44.9. The zero-order valence-corrected chi connectivity index (χ0v) is 23.3. The van der Waals surface area contributed by atoms with Gasteiger partial charge < -0.3 is 8.98 Å². The number of benzene rings is 6. The van der Waals surface area contributed by atoms with Gasteiger partial charge in [-0.25, -0.2) is 0 Å². The Morgan fingerprint density at radius 1 is 0.643 bits per heavy atom. The fraction of sp³-hybridized carbons (Fsp3) is 0.0263. The zero-order valence-electron chi connectivity index (χ0n) is 22.5. The molecule has 6 aromatic carbocycles. The van der Waals surface area contributed by atoms with Crippen molar-refractivity contribution < 1.29 is 4.42 Å². The van der Waals surface area contributed by atoms with Crippen LogP contribution in [0.5, 0.6) is 0 Å². The van der Waals surface area contributed by atoms with Crippen LogP contribution in [0.1, 0.15) is 11.1 Å². The van der Waals surface area contributed by atoms with Crippen LogP contribution in [0.2, 0.25) is 0 Å². The van der Waals surface area contributed by atoms with Crippen LogP contribution in [0.3, 0.4) is 0 Å². The highest BCUT2D eigenvalue weighted by molar-refractivity contribution is 7.26. The number of nitrogens with zero attached hydrogens (tertiary/aromatic N) is 2. The SMILES string of the molecule is N#Cc1cccc(-c2ccc3oc4ccccc4c3c2)c1Cn1c2ccccc2c2ccc3c4ccccc4sc3c21. The second kappa shape index (κ2) is 8.81. The smallest absolute Gasteiger partial charge is 0.135 e. The number of rotatable bonds is 3. The fourth-order valence-electron chi connectivity index (χ4n) is 6.67. The molecular formula is C38H22N2OS. The molecule has 42 heavy (non-hydrogen) atoms.